The molecular formula is C29H28N2O3. The Kier molecular flexibility index (Phi) is 7.33. The first kappa shape index (κ1) is 23.2. The van der Waals surface area contributed by atoms with Gasteiger partial charge in [0.2, 0.25) is 0 Å². The van der Waals surface area contributed by atoms with Gasteiger partial charge in [0.05, 0.1) is 11.1 Å². The van der Waals surface area contributed by atoms with Crippen molar-refractivity contribution in [2.75, 3.05) is 6.61 Å². The summed E-state index contributed by atoms with van der Waals surface area (Å²) in [6.07, 6.45) is 0.706. The Morgan fingerprint density at radius 3 is 1.97 bits per heavy atom. The third-order valence-electron chi connectivity index (χ3n) is 5.89. The lowest BCUT2D eigenvalue weighted by Gasteiger charge is -2.23. The largest absolute Gasteiger partial charge is 0.452 e. The topological polar surface area (TPSA) is 59.5 Å². The lowest BCUT2D eigenvalue weighted by Crippen LogP contribution is -2.34. The normalized spacial score (nSPS) is 10.8. The fourth-order valence-corrected chi connectivity index (χ4v) is 4.10. The molecule has 1 heterocycles. The number of aryl methyl sites for hydroxylation is 1. The maximum Gasteiger partial charge on any atom is 0.339 e. The lowest BCUT2D eigenvalue weighted by molar-refractivity contribution is -0.135. The number of ether oxygens (including phenoxy) is 1. The van der Waals surface area contributed by atoms with E-state index in [-0.39, 0.29) is 12.5 Å². The third-order valence-corrected chi connectivity index (χ3v) is 5.89. The van der Waals surface area contributed by atoms with Gasteiger partial charge in [0.15, 0.2) is 6.61 Å². The number of hydrogen-bond donors (Lipinski definition) is 0. The molecule has 0 unspecified atom stereocenters. The predicted molar refractivity (Wildman–Crippen MR) is 133 cm³/mol. The molecule has 0 radical (unpaired) electrons. The van der Waals surface area contributed by atoms with Crippen LogP contribution in [0.15, 0.2) is 84.9 Å². The first-order valence-corrected chi connectivity index (χ1v) is 11.5. The Morgan fingerprint density at radius 1 is 0.824 bits per heavy atom. The van der Waals surface area contributed by atoms with Gasteiger partial charge in [-0.3, -0.25) is 9.78 Å². The quantitative estimate of drug-likeness (QED) is 0.332. The van der Waals surface area contributed by atoms with Crippen molar-refractivity contribution >= 4 is 22.8 Å². The van der Waals surface area contributed by atoms with E-state index in [2.05, 4.69) is 4.98 Å². The number of carbonyl (C=O) groups is 2. The highest BCUT2D eigenvalue weighted by molar-refractivity contribution is 6.05. The van der Waals surface area contributed by atoms with Crippen LogP contribution in [0.4, 0.5) is 0 Å². The monoisotopic (exact) mass is 452 g/mol. The Bertz CT molecular complexity index is 1250. The summed E-state index contributed by atoms with van der Waals surface area (Å²) < 4.78 is 5.58. The molecule has 172 valence electrons. The van der Waals surface area contributed by atoms with Gasteiger partial charge in [-0.05, 0) is 36.1 Å². The lowest BCUT2D eigenvalue weighted by atomic mass is 10.0. The van der Waals surface area contributed by atoms with Crippen molar-refractivity contribution in [2.24, 2.45) is 0 Å². The molecule has 0 aliphatic carbocycles. The molecule has 0 spiro atoms. The average molecular weight is 453 g/mol. The molecule has 5 heteroatoms. The maximum atomic E-state index is 13.2. The third kappa shape index (κ3) is 5.31. The number of para-hydroxylation sites is 1. The zero-order chi connectivity index (χ0) is 23.9. The summed E-state index contributed by atoms with van der Waals surface area (Å²) in [6, 6.07) is 27.1. The van der Waals surface area contributed by atoms with Crippen molar-refractivity contribution in [1.82, 2.24) is 9.88 Å². The molecule has 5 nitrogen and oxygen atoms in total. The predicted octanol–water partition coefficient (Wildman–Crippen LogP) is 5.49. The standard InChI is InChI=1S/C29H28N2O3/c1-3-25-21(2)28(24-16-10-11-17-26(24)30-25)29(33)34-20-27(32)31(18-22-12-6-4-7-13-22)19-23-14-8-5-9-15-23/h4-17H,3,18-20H2,1-2H3. The van der Waals surface area contributed by atoms with Gasteiger partial charge < -0.3 is 9.64 Å². The molecule has 1 aromatic heterocycles. The van der Waals surface area contributed by atoms with Gasteiger partial charge in [-0.2, -0.15) is 0 Å². The summed E-state index contributed by atoms with van der Waals surface area (Å²) >= 11 is 0. The number of rotatable bonds is 8. The molecule has 0 saturated carbocycles. The first-order chi connectivity index (χ1) is 16.6. The Balaban J connectivity index is 1.54. The number of aromatic nitrogens is 1. The van der Waals surface area contributed by atoms with Crippen LogP contribution < -0.4 is 0 Å². The zero-order valence-corrected chi connectivity index (χ0v) is 19.5. The fourth-order valence-electron chi connectivity index (χ4n) is 4.10. The van der Waals surface area contributed by atoms with E-state index in [0.717, 1.165) is 33.3 Å². The van der Waals surface area contributed by atoms with E-state index in [1.165, 1.54) is 0 Å². The Morgan fingerprint density at radius 2 is 1.38 bits per heavy atom. The molecule has 0 saturated heterocycles. The SMILES string of the molecule is CCc1nc2ccccc2c(C(=O)OCC(=O)N(Cc2ccccc2)Cc2ccccc2)c1C. The minimum absolute atomic E-state index is 0.243. The smallest absolute Gasteiger partial charge is 0.339 e. The number of nitrogens with zero attached hydrogens (tertiary/aromatic N) is 2. The molecule has 0 aliphatic heterocycles. The molecule has 0 atom stereocenters. The molecule has 0 fully saturated rings. The summed E-state index contributed by atoms with van der Waals surface area (Å²) in [6.45, 7) is 4.43. The molecule has 0 aliphatic rings. The highest BCUT2D eigenvalue weighted by atomic mass is 16.5. The molecule has 0 N–H and O–H groups in total. The van der Waals surface area contributed by atoms with Crippen LogP contribution in [0.5, 0.6) is 0 Å². The summed E-state index contributed by atoms with van der Waals surface area (Å²) in [5, 5.41) is 0.736. The summed E-state index contributed by atoms with van der Waals surface area (Å²) in [7, 11) is 0. The summed E-state index contributed by atoms with van der Waals surface area (Å²) in [5.74, 6) is -0.744. The second-order valence-electron chi connectivity index (χ2n) is 8.23. The van der Waals surface area contributed by atoms with Crippen LogP contribution in [0.3, 0.4) is 0 Å². The van der Waals surface area contributed by atoms with E-state index < -0.39 is 5.97 Å². The van der Waals surface area contributed by atoms with Crippen LogP contribution >= 0.6 is 0 Å². The minimum atomic E-state index is -0.501. The van der Waals surface area contributed by atoms with E-state index in [9.17, 15) is 9.59 Å². The molecule has 1 amide bonds. The summed E-state index contributed by atoms with van der Waals surface area (Å²) in [5.41, 5.74) is 4.91. The fraction of sp³-hybridized carbons (Fsp3) is 0.207. The van der Waals surface area contributed by atoms with Gasteiger partial charge in [0, 0.05) is 24.2 Å². The highest BCUT2D eigenvalue weighted by Gasteiger charge is 2.21. The van der Waals surface area contributed by atoms with E-state index in [4.69, 9.17) is 4.74 Å². The zero-order valence-electron chi connectivity index (χ0n) is 19.5. The number of pyridine rings is 1. The van der Waals surface area contributed by atoms with Gasteiger partial charge in [-0.25, -0.2) is 4.79 Å². The van der Waals surface area contributed by atoms with E-state index in [1.54, 1.807) is 4.90 Å². The number of amides is 1. The van der Waals surface area contributed by atoms with Crippen LogP contribution in [0.2, 0.25) is 0 Å². The average Bonchev–Trinajstić information content (AvgIpc) is 2.87. The molecule has 4 aromatic rings. The van der Waals surface area contributed by atoms with E-state index in [0.29, 0.717) is 25.1 Å². The van der Waals surface area contributed by atoms with Crippen LogP contribution in [-0.4, -0.2) is 28.4 Å². The van der Waals surface area contributed by atoms with Crippen molar-refractivity contribution in [3.63, 3.8) is 0 Å². The van der Waals surface area contributed by atoms with Crippen LogP contribution in [0.1, 0.15) is 39.7 Å². The van der Waals surface area contributed by atoms with E-state index >= 15 is 0 Å². The van der Waals surface area contributed by atoms with Gasteiger partial charge in [0.1, 0.15) is 0 Å². The van der Waals surface area contributed by atoms with E-state index in [1.807, 2.05) is 98.8 Å². The number of fused-ring (bicyclic) bond motifs is 1. The number of benzene rings is 3. The van der Waals surface area contributed by atoms with Crippen molar-refractivity contribution < 1.29 is 14.3 Å². The number of esters is 1. The number of hydrogen-bond acceptors (Lipinski definition) is 4. The second kappa shape index (κ2) is 10.8. The van der Waals surface area contributed by atoms with Crippen molar-refractivity contribution in [3.8, 4) is 0 Å². The Hall–Kier alpha value is -3.99. The molecular weight excluding hydrogens is 424 g/mol. The van der Waals surface area contributed by atoms with Crippen molar-refractivity contribution in [2.45, 2.75) is 33.4 Å². The van der Waals surface area contributed by atoms with Gasteiger partial charge in [-0.15, -0.1) is 0 Å². The minimum Gasteiger partial charge on any atom is -0.452 e. The van der Waals surface area contributed by atoms with Gasteiger partial charge in [0.25, 0.3) is 5.91 Å². The van der Waals surface area contributed by atoms with Crippen LogP contribution in [-0.2, 0) is 29.0 Å². The molecule has 4 rings (SSSR count). The molecule has 34 heavy (non-hydrogen) atoms. The molecule has 3 aromatic carbocycles. The second-order valence-corrected chi connectivity index (χ2v) is 8.23. The van der Waals surface area contributed by atoms with Crippen LogP contribution in [0.25, 0.3) is 10.9 Å². The highest BCUT2D eigenvalue weighted by Crippen LogP contribution is 2.24. The Labute approximate surface area is 200 Å². The van der Waals surface area contributed by atoms with Crippen molar-refractivity contribution in [3.05, 3.63) is 113 Å². The molecule has 0 bridgehead atoms. The van der Waals surface area contributed by atoms with Gasteiger partial charge in [-0.1, -0.05) is 85.8 Å². The maximum absolute atomic E-state index is 13.2. The first-order valence-electron chi connectivity index (χ1n) is 11.5. The van der Waals surface area contributed by atoms with Crippen molar-refractivity contribution in [1.29, 1.82) is 0 Å². The van der Waals surface area contributed by atoms with Crippen LogP contribution in [0, 0.1) is 6.92 Å². The van der Waals surface area contributed by atoms with Gasteiger partial charge >= 0.3 is 5.97 Å². The number of carbonyl (C=O) groups excluding carboxylic acids is 2. The summed E-state index contributed by atoms with van der Waals surface area (Å²) in [4.78, 5) is 32.8.